The highest BCUT2D eigenvalue weighted by Crippen LogP contribution is 2.30. The molecule has 0 aliphatic carbocycles. The fourth-order valence-corrected chi connectivity index (χ4v) is 4.37. The van der Waals surface area contributed by atoms with Gasteiger partial charge in [-0.25, -0.2) is 4.98 Å². The van der Waals surface area contributed by atoms with E-state index >= 15 is 0 Å². The number of hydrogen-bond acceptors (Lipinski definition) is 4. The van der Waals surface area contributed by atoms with Gasteiger partial charge in [0.15, 0.2) is 0 Å². The summed E-state index contributed by atoms with van der Waals surface area (Å²) in [5.41, 5.74) is 3.38. The number of anilines is 1. The van der Waals surface area contributed by atoms with E-state index in [0.29, 0.717) is 29.3 Å². The van der Waals surface area contributed by atoms with E-state index in [4.69, 9.17) is 5.41 Å². The predicted molar refractivity (Wildman–Crippen MR) is 125 cm³/mol. The minimum Gasteiger partial charge on any atom is -0.342 e. The molecule has 0 unspecified atom stereocenters. The topological polar surface area (TPSA) is 105 Å². The second-order valence-corrected chi connectivity index (χ2v) is 7.69. The Balaban J connectivity index is 1.56. The Morgan fingerprint density at radius 1 is 1.25 bits per heavy atom. The van der Waals surface area contributed by atoms with Crippen LogP contribution in [0.4, 0.5) is 5.95 Å². The van der Waals surface area contributed by atoms with Crippen LogP contribution in [-0.2, 0) is 6.54 Å². The van der Waals surface area contributed by atoms with Crippen LogP contribution in [0.25, 0.3) is 21.9 Å². The van der Waals surface area contributed by atoms with E-state index in [0.717, 1.165) is 16.4 Å². The van der Waals surface area contributed by atoms with Crippen LogP contribution in [0.3, 0.4) is 0 Å². The van der Waals surface area contributed by atoms with Crippen molar-refractivity contribution in [2.45, 2.75) is 25.6 Å². The third-order valence-corrected chi connectivity index (χ3v) is 5.92. The number of aromatic nitrogens is 3. The Bertz CT molecular complexity index is 1410. The van der Waals surface area contributed by atoms with Crippen molar-refractivity contribution in [1.29, 1.82) is 5.41 Å². The van der Waals surface area contributed by atoms with Crippen molar-refractivity contribution in [1.82, 2.24) is 19.4 Å². The van der Waals surface area contributed by atoms with Gasteiger partial charge >= 0.3 is 0 Å². The summed E-state index contributed by atoms with van der Waals surface area (Å²) in [6.45, 7) is 6.44. The molecule has 0 bridgehead atoms. The number of fused-ring (bicyclic) bond motifs is 4. The highest BCUT2D eigenvalue weighted by atomic mass is 16.2. The minimum absolute atomic E-state index is 0.230. The maximum absolute atomic E-state index is 13.1. The van der Waals surface area contributed by atoms with Crippen LogP contribution in [0.2, 0.25) is 0 Å². The second kappa shape index (κ2) is 7.49. The number of hydrogen-bond donors (Lipinski definition) is 3. The average molecular weight is 426 g/mol. The lowest BCUT2D eigenvalue weighted by molar-refractivity contribution is 0.0909. The van der Waals surface area contributed by atoms with Gasteiger partial charge in [-0.2, -0.15) is 0 Å². The molecule has 1 aliphatic heterocycles. The van der Waals surface area contributed by atoms with Gasteiger partial charge in [-0.05, 0) is 37.3 Å². The van der Waals surface area contributed by atoms with Crippen molar-refractivity contribution < 1.29 is 9.59 Å². The molecular weight excluding hydrogens is 404 g/mol. The summed E-state index contributed by atoms with van der Waals surface area (Å²) >= 11 is 0. The quantitative estimate of drug-likeness (QED) is 0.334. The van der Waals surface area contributed by atoms with Gasteiger partial charge in [0, 0.05) is 23.7 Å². The molecule has 0 saturated carbocycles. The summed E-state index contributed by atoms with van der Waals surface area (Å²) in [6, 6.07) is 14.0. The minimum atomic E-state index is -0.416. The zero-order valence-electron chi connectivity index (χ0n) is 17.5. The number of imidazole rings is 1. The van der Waals surface area contributed by atoms with Crippen LogP contribution in [0.5, 0.6) is 0 Å². The third kappa shape index (κ3) is 2.91. The predicted octanol–water partition coefficient (Wildman–Crippen LogP) is 3.75. The van der Waals surface area contributed by atoms with Crippen molar-refractivity contribution in [2.75, 3.05) is 5.32 Å². The van der Waals surface area contributed by atoms with E-state index < -0.39 is 12.1 Å². The molecule has 0 spiro atoms. The van der Waals surface area contributed by atoms with E-state index in [-0.39, 0.29) is 11.8 Å². The number of rotatable bonds is 5. The molecule has 1 aliphatic rings. The molecule has 3 N–H and O–H groups in total. The summed E-state index contributed by atoms with van der Waals surface area (Å²) in [5.74, 6) is -0.0364. The summed E-state index contributed by atoms with van der Waals surface area (Å²) < 4.78 is 3.75. The van der Waals surface area contributed by atoms with E-state index in [1.54, 1.807) is 28.8 Å². The largest absolute Gasteiger partial charge is 0.342 e. The van der Waals surface area contributed by atoms with Crippen LogP contribution >= 0.6 is 0 Å². The van der Waals surface area contributed by atoms with Crippen molar-refractivity contribution >= 4 is 45.9 Å². The van der Waals surface area contributed by atoms with Gasteiger partial charge in [0.1, 0.15) is 5.69 Å². The van der Waals surface area contributed by atoms with Gasteiger partial charge in [-0.3, -0.25) is 14.9 Å². The molecule has 8 heteroatoms. The Morgan fingerprint density at radius 2 is 2.06 bits per heavy atom. The number of aryl methyl sites for hydroxylation is 1. The Morgan fingerprint density at radius 3 is 2.81 bits per heavy atom. The van der Waals surface area contributed by atoms with Crippen molar-refractivity contribution in [3.8, 4) is 0 Å². The molecule has 0 radical (unpaired) electrons. The van der Waals surface area contributed by atoms with E-state index in [9.17, 15) is 9.59 Å². The monoisotopic (exact) mass is 426 g/mol. The second-order valence-electron chi connectivity index (χ2n) is 7.69. The lowest BCUT2D eigenvalue weighted by Gasteiger charge is -2.30. The molecule has 2 amide bonds. The molecular formula is C24H22N6O2. The highest BCUT2D eigenvalue weighted by molar-refractivity contribution is 6.07. The zero-order valence-corrected chi connectivity index (χ0v) is 17.5. The first-order chi connectivity index (χ1) is 15.5. The SMILES string of the molecule is C=C[C@@H]1NC(=O)c2cc3ccc(C(=O)Nc4nc5ccccc5n4CC)cc3n2[C@H]1C=N. The number of nitrogens with zero attached hydrogens (tertiary/aromatic N) is 3. The van der Waals surface area contributed by atoms with E-state index in [1.807, 2.05) is 41.8 Å². The van der Waals surface area contributed by atoms with Gasteiger partial charge in [0.25, 0.3) is 11.8 Å². The first-order valence-electron chi connectivity index (χ1n) is 10.4. The van der Waals surface area contributed by atoms with E-state index in [1.165, 1.54) is 6.21 Å². The molecule has 3 heterocycles. The molecule has 2 aromatic carbocycles. The zero-order chi connectivity index (χ0) is 22.4. The Kier molecular flexibility index (Phi) is 4.62. The third-order valence-electron chi connectivity index (χ3n) is 5.92. The summed E-state index contributed by atoms with van der Waals surface area (Å²) in [6.07, 6.45) is 2.90. The summed E-state index contributed by atoms with van der Waals surface area (Å²) in [4.78, 5) is 30.2. The molecule has 160 valence electrons. The van der Waals surface area contributed by atoms with Gasteiger partial charge in [-0.1, -0.05) is 24.3 Å². The average Bonchev–Trinajstić information content (AvgIpc) is 3.36. The van der Waals surface area contributed by atoms with Gasteiger partial charge < -0.3 is 19.9 Å². The van der Waals surface area contributed by atoms with Gasteiger partial charge in [0.2, 0.25) is 5.95 Å². The highest BCUT2D eigenvalue weighted by Gasteiger charge is 2.32. The first-order valence-corrected chi connectivity index (χ1v) is 10.4. The Hall–Kier alpha value is -4.20. The van der Waals surface area contributed by atoms with Gasteiger partial charge in [0.05, 0.1) is 28.6 Å². The molecule has 5 rings (SSSR count). The van der Waals surface area contributed by atoms with Crippen LogP contribution in [-0.4, -0.2) is 38.2 Å². The maximum Gasteiger partial charge on any atom is 0.268 e. The molecule has 0 fully saturated rings. The standard InChI is InChI=1S/C24H22N6O2/c1-3-16-21(13-25)30-19-12-15(10-9-14(19)11-20(30)23(32)26-16)22(31)28-24-27-17-7-5-6-8-18(17)29(24)4-2/h3,5-13,16,21,25H,1,4H2,2H3,(H,26,32)(H,27,28,31)/t16-,21-/m0/s1. The fourth-order valence-electron chi connectivity index (χ4n) is 4.37. The van der Waals surface area contributed by atoms with Crippen molar-refractivity contribution in [3.63, 3.8) is 0 Å². The lowest BCUT2D eigenvalue weighted by atomic mass is 10.1. The molecule has 8 nitrogen and oxygen atoms in total. The van der Waals surface area contributed by atoms with Crippen molar-refractivity contribution in [3.05, 3.63) is 72.4 Å². The number of benzene rings is 2. The van der Waals surface area contributed by atoms with Crippen LogP contribution in [0, 0.1) is 5.41 Å². The first kappa shape index (κ1) is 19.7. The molecule has 32 heavy (non-hydrogen) atoms. The van der Waals surface area contributed by atoms with Crippen molar-refractivity contribution in [2.24, 2.45) is 0 Å². The van der Waals surface area contributed by atoms with Crippen LogP contribution in [0.15, 0.2) is 61.2 Å². The Labute approximate surface area is 184 Å². The summed E-state index contributed by atoms with van der Waals surface area (Å²) in [5, 5.41) is 14.5. The fraction of sp³-hybridized carbons (Fsp3) is 0.167. The molecule has 2 atom stereocenters. The summed E-state index contributed by atoms with van der Waals surface area (Å²) in [7, 11) is 0. The number of carbonyl (C=O) groups is 2. The van der Waals surface area contributed by atoms with Gasteiger partial charge in [-0.15, -0.1) is 6.58 Å². The number of para-hydroxylation sites is 2. The smallest absolute Gasteiger partial charge is 0.268 e. The van der Waals surface area contributed by atoms with Crippen LogP contribution < -0.4 is 10.6 Å². The number of amides is 2. The van der Waals surface area contributed by atoms with E-state index in [2.05, 4.69) is 22.2 Å². The normalized spacial score (nSPS) is 17.7. The number of carbonyl (C=O) groups excluding carboxylic acids is 2. The molecule has 4 aromatic rings. The lowest BCUT2D eigenvalue weighted by Crippen LogP contribution is -2.46. The van der Waals surface area contributed by atoms with Crippen LogP contribution in [0.1, 0.15) is 33.8 Å². The maximum atomic E-state index is 13.1. The molecule has 0 saturated heterocycles. The molecule has 2 aromatic heterocycles. The number of nitrogens with one attached hydrogen (secondary N) is 3.